The van der Waals surface area contributed by atoms with Gasteiger partial charge in [0.2, 0.25) is 5.91 Å². The monoisotopic (exact) mass is 291 g/mol. The molecule has 106 valence electrons. The summed E-state index contributed by atoms with van der Waals surface area (Å²) in [5.74, 6) is -0.261. The van der Waals surface area contributed by atoms with Gasteiger partial charge in [0, 0.05) is 18.7 Å². The summed E-state index contributed by atoms with van der Waals surface area (Å²) >= 11 is 5.75. The fraction of sp³-hybridized carbons (Fsp3) is 0.417. The molecule has 4 nitrogen and oxygen atoms in total. The first-order chi connectivity index (χ1) is 8.88. The van der Waals surface area contributed by atoms with Crippen molar-refractivity contribution in [3.63, 3.8) is 0 Å². The summed E-state index contributed by atoms with van der Waals surface area (Å²) in [6.07, 6.45) is -2.27. The van der Waals surface area contributed by atoms with E-state index in [1.54, 1.807) is 25.2 Å². The molecule has 0 radical (unpaired) electrons. The quantitative estimate of drug-likeness (QED) is 0.792. The van der Waals surface area contributed by atoms with Gasteiger partial charge in [-0.05, 0) is 25.2 Å². The van der Waals surface area contributed by atoms with Crippen molar-refractivity contribution >= 4 is 28.9 Å². The van der Waals surface area contributed by atoms with Crippen molar-refractivity contribution in [2.75, 3.05) is 31.2 Å². The smallest absolute Gasteiger partial charge is 0.251 e. The second-order valence-electron chi connectivity index (χ2n) is 4.19. The molecule has 0 atom stereocenters. The Morgan fingerprint density at radius 1 is 1.53 bits per heavy atom. The predicted molar refractivity (Wildman–Crippen MR) is 72.6 cm³/mol. The largest absolute Gasteiger partial charge is 0.397 e. The molecule has 0 saturated carbocycles. The van der Waals surface area contributed by atoms with E-state index in [1.165, 1.54) is 4.90 Å². The van der Waals surface area contributed by atoms with Gasteiger partial charge in [-0.3, -0.25) is 4.79 Å². The molecule has 7 heteroatoms. The van der Waals surface area contributed by atoms with Crippen LogP contribution in [0.25, 0.3) is 0 Å². The molecule has 0 aliphatic carbocycles. The molecule has 0 heterocycles. The zero-order chi connectivity index (χ0) is 14.4. The van der Waals surface area contributed by atoms with Crippen LogP contribution < -0.4 is 11.1 Å². The van der Waals surface area contributed by atoms with Gasteiger partial charge in [-0.15, -0.1) is 0 Å². The lowest BCUT2D eigenvalue weighted by Gasteiger charge is -2.15. The number of alkyl halides is 2. The van der Waals surface area contributed by atoms with E-state index < -0.39 is 6.43 Å². The van der Waals surface area contributed by atoms with Crippen LogP contribution in [0, 0.1) is 0 Å². The van der Waals surface area contributed by atoms with E-state index in [4.69, 9.17) is 17.3 Å². The number of benzene rings is 1. The second kappa shape index (κ2) is 7.25. The summed E-state index contributed by atoms with van der Waals surface area (Å²) in [6.45, 7) is -0.0829. The Kier molecular flexibility index (Phi) is 5.98. The zero-order valence-corrected chi connectivity index (χ0v) is 11.3. The molecular weight excluding hydrogens is 276 g/mol. The number of rotatable bonds is 6. The van der Waals surface area contributed by atoms with Crippen LogP contribution in [0.2, 0.25) is 5.02 Å². The number of carbonyl (C=O) groups is 1. The molecular formula is C12H16ClF2N3O. The fourth-order valence-electron chi connectivity index (χ4n) is 1.46. The fourth-order valence-corrected chi connectivity index (χ4v) is 1.58. The van der Waals surface area contributed by atoms with Gasteiger partial charge in [0.25, 0.3) is 6.43 Å². The van der Waals surface area contributed by atoms with E-state index in [2.05, 4.69) is 5.32 Å². The Hall–Kier alpha value is -1.40. The molecule has 0 aliphatic heterocycles. The molecule has 0 aromatic heterocycles. The standard InChI is InChI=1S/C12H16ClF2N3O/c1-18(7-11(14)15)5-4-12(19)17-8-2-3-9(13)10(16)6-8/h2-3,6,11H,4-5,7,16H2,1H3,(H,17,19). The molecule has 0 saturated heterocycles. The van der Waals surface area contributed by atoms with Crippen LogP contribution in [-0.2, 0) is 4.79 Å². The minimum Gasteiger partial charge on any atom is -0.397 e. The van der Waals surface area contributed by atoms with Crippen molar-refractivity contribution in [2.24, 2.45) is 0 Å². The van der Waals surface area contributed by atoms with E-state index in [9.17, 15) is 13.6 Å². The van der Waals surface area contributed by atoms with E-state index >= 15 is 0 Å². The Balaban J connectivity index is 2.40. The van der Waals surface area contributed by atoms with Crippen molar-refractivity contribution in [1.82, 2.24) is 4.90 Å². The maximum Gasteiger partial charge on any atom is 0.251 e. The van der Waals surface area contributed by atoms with Gasteiger partial charge in [-0.2, -0.15) is 0 Å². The highest BCUT2D eigenvalue weighted by molar-refractivity contribution is 6.33. The Morgan fingerprint density at radius 2 is 2.21 bits per heavy atom. The molecule has 0 spiro atoms. The van der Waals surface area contributed by atoms with Crippen LogP contribution in [0.1, 0.15) is 6.42 Å². The van der Waals surface area contributed by atoms with Crippen molar-refractivity contribution in [2.45, 2.75) is 12.8 Å². The number of nitrogen functional groups attached to an aromatic ring is 1. The van der Waals surface area contributed by atoms with Crippen molar-refractivity contribution in [3.8, 4) is 0 Å². The van der Waals surface area contributed by atoms with Gasteiger partial charge in [0.05, 0.1) is 17.3 Å². The molecule has 19 heavy (non-hydrogen) atoms. The molecule has 1 aromatic carbocycles. The topological polar surface area (TPSA) is 58.4 Å². The summed E-state index contributed by atoms with van der Waals surface area (Å²) in [5, 5.41) is 3.04. The number of hydrogen-bond donors (Lipinski definition) is 2. The molecule has 1 rings (SSSR count). The number of nitrogens with two attached hydrogens (primary N) is 1. The SMILES string of the molecule is CN(CCC(=O)Nc1ccc(Cl)c(N)c1)CC(F)F. The number of anilines is 2. The summed E-state index contributed by atoms with van der Waals surface area (Å²) in [6, 6.07) is 4.75. The minimum atomic E-state index is -2.40. The lowest BCUT2D eigenvalue weighted by Crippen LogP contribution is -2.28. The number of nitrogens with one attached hydrogen (secondary N) is 1. The Bertz CT molecular complexity index is 443. The Morgan fingerprint density at radius 3 is 2.79 bits per heavy atom. The average molecular weight is 292 g/mol. The van der Waals surface area contributed by atoms with Gasteiger partial charge < -0.3 is 16.0 Å². The van der Waals surface area contributed by atoms with Crippen molar-refractivity contribution < 1.29 is 13.6 Å². The third-order valence-corrected chi connectivity index (χ3v) is 2.79. The summed E-state index contributed by atoms with van der Waals surface area (Å²) in [5.41, 5.74) is 6.50. The maximum atomic E-state index is 12.1. The van der Waals surface area contributed by atoms with Crippen molar-refractivity contribution in [1.29, 1.82) is 0 Å². The number of nitrogens with zero attached hydrogens (tertiary/aromatic N) is 1. The van der Waals surface area contributed by atoms with Gasteiger partial charge in [-0.1, -0.05) is 11.6 Å². The first-order valence-electron chi connectivity index (χ1n) is 5.70. The van der Waals surface area contributed by atoms with Crippen molar-refractivity contribution in [3.05, 3.63) is 23.2 Å². The molecule has 0 aliphatic rings. The zero-order valence-electron chi connectivity index (χ0n) is 10.5. The first-order valence-corrected chi connectivity index (χ1v) is 6.08. The average Bonchev–Trinajstić information content (AvgIpc) is 2.30. The highest BCUT2D eigenvalue weighted by Crippen LogP contribution is 2.22. The molecule has 0 bridgehead atoms. The molecule has 1 amide bonds. The normalized spacial score (nSPS) is 11.1. The van der Waals surface area contributed by atoms with E-state index in [-0.39, 0.29) is 25.4 Å². The summed E-state index contributed by atoms with van der Waals surface area (Å²) in [7, 11) is 1.54. The van der Waals surface area contributed by atoms with E-state index in [0.717, 1.165) is 0 Å². The lowest BCUT2D eigenvalue weighted by molar-refractivity contribution is -0.116. The van der Waals surface area contributed by atoms with Crippen LogP contribution >= 0.6 is 11.6 Å². The third-order valence-electron chi connectivity index (χ3n) is 2.45. The number of carbonyl (C=O) groups excluding carboxylic acids is 1. The van der Waals surface area contributed by atoms with Gasteiger partial charge in [0.1, 0.15) is 0 Å². The van der Waals surface area contributed by atoms with E-state index in [0.29, 0.717) is 16.4 Å². The summed E-state index contributed by atoms with van der Waals surface area (Å²) < 4.78 is 24.1. The lowest BCUT2D eigenvalue weighted by atomic mass is 10.2. The Labute approximate surface area is 115 Å². The number of hydrogen-bond acceptors (Lipinski definition) is 3. The maximum absolute atomic E-state index is 12.1. The third kappa shape index (κ3) is 5.85. The number of amides is 1. The van der Waals surface area contributed by atoms with Crippen LogP contribution in [0.5, 0.6) is 0 Å². The number of halogens is 3. The highest BCUT2D eigenvalue weighted by Gasteiger charge is 2.10. The van der Waals surface area contributed by atoms with Crippen LogP contribution in [0.15, 0.2) is 18.2 Å². The van der Waals surface area contributed by atoms with Crippen LogP contribution in [-0.4, -0.2) is 37.4 Å². The predicted octanol–water partition coefficient (Wildman–Crippen LogP) is 2.45. The van der Waals surface area contributed by atoms with E-state index in [1.807, 2.05) is 0 Å². The molecule has 1 aromatic rings. The second-order valence-corrected chi connectivity index (χ2v) is 4.59. The minimum absolute atomic E-state index is 0.131. The van der Waals surface area contributed by atoms with Crippen LogP contribution in [0.4, 0.5) is 20.2 Å². The highest BCUT2D eigenvalue weighted by atomic mass is 35.5. The van der Waals surface area contributed by atoms with Gasteiger partial charge in [-0.25, -0.2) is 8.78 Å². The van der Waals surface area contributed by atoms with Crippen LogP contribution in [0.3, 0.4) is 0 Å². The van der Waals surface area contributed by atoms with Gasteiger partial charge >= 0.3 is 0 Å². The summed E-state index contributed by atoms with van der Waals surface area (Å²) in [4.78, 5) is 13.0. The molecule has 0 unspecified atom stereocenters. The molecule has 3 N–H and O–H groups in total. The first kappa shape index (κ1) is 15.7. The molecule has 0 fully saturated rings. The van der Waals surface area contributed by atoms with Gasteiger partial charge in [0.15, 0.2) is 0 Å².